The molecule has 0 aromatic heterocycles. The van der Waals surface area contributed by atoms with E-state index in [9.17, 15) is 15.0 Å². The fourth-order valence-electron chi connectivity index (χ4n) is 7.50. The van der Waals surface area contributed by atoms with Crippen molar-refractivity contribution in [1.29, 1.82) is 0 Å². The minimum Gasteiger partial charge on any atom is -0.478 e. The van der Waals surface area contributed by atoms with Gasteiger partial charge in [0.2, 0.25) is 0 Å². The molecule has 3 saturated carbocycles. The molecule has 0 radical (unpaired) electrons. The van der Waals surface area contributed by atoms with Crippen LogP contribution in [0.15, 0.2) is 11.6 Å². The fraction of sp³-hybridized carbons (Fsp3) is 0.850. The van der Waals surface area contributed by atoms with Gasteiger partial charge in [0.05, 0.1) is 0 Å². The lowest BCUT2D eigenvalue weighted by atomic mass is 9.41. The molecule has 0 amide bonds. The predicted octanol–water partition coefficient (Wildman–Crippen LogP) is 4.01. The summed E-state index contributed by atoms with van der Waals surface area (Å²) in [5, 5.41) is 19.6. The van der Waals surface area contributed by atoms with Crippen LogP contribution >= 0.6 is 0 Å². The first-order chi connectivity index (χ1) is 10.8. The maximum Gasteiger partial charge on any atom is 0.331 e. The highest BCUT2D eigenvalue weighted by Crippen LogP contribution is 2.70. The highest BCUT2D eigenvalue weighted by Gasteiger charge is 2.63. The van der Waals surface area contributed by atoms with E-state index in [1.54, 1.807) is 0 Å². The van der Waals surface area contributed by atoms with Gasteiger partial charge in [-0.15, -0.1) is 0 Å². The first-order valence-electron chi connectivity index (χ1n) is 9.42. The quantitative estimate of drug-likeness (QED) is 0.808. The van der Waals surface area contributed by atoms with Crippen LogP contribution in [-0.4, -0.2) is 22.8 Å². The molecule has 3 fully saturated rings. The smallest absolute Gasteiger partial charge is 0.331 e. The van der Waals surface area contributed by atoms with E-state index >= 15 is 0 Å². The first kappa shape index (κ1) is 15.7. The van der Waals surface area contributed by atoms with Gasteiger partial charge in [-0.2, -0.15) is 0 Å². The maximum absolute atomic E-state index is 11.6. The summed E-state index contributed by atoms with van der Waals surface area (Å²) in [6.07, 6.45) is 11.3. The predicted molar refractivity (Wildman–Crippen MR) is 88.9 cm³/mol. The van der Waals surface area contributed by atoms with Crippen LogP contribution in [0.1, 0.15) is 65.2 Å². The Labute approximate surface area is 139 Å². The summed E-state index contributed by atoms with van der Waals surface area (Å²) in [5.74, 6) is 0.789. The van der Waals surface area contributed by atoms with Crippen LogP contribution in [0.3, 0.4) is 0 Å². The van der Waals surface area contributed by atoms with Crippen LogP contribution in [0.2, 0.25) is 0 Å². The van der Waals surface area contributed by atoms with E-state index in [1.165, 1.54) is 19.3 Å². The van der Waals surface area contributed by atoms with Crippen molar-refractivity contribution >= 4 is 5.97 Å². The molecular weight excluding hydrogens is 288 g/mol. The first-order valence-corrected chi connectivity index (χ1v) is 9.42. The summed E-state index contributed by atoms with van der Waals surface area (Å²) < 4.78 is 0. The van der Waals surface area contributed by atoms with Crippen LogP contribution < -0.4 is 0 Å². The van der Waals surface area contributed by atoms with Crippen molar-refractivity contribution in [2.24, 2.45) is 34.0 Å². The van der Waals surface area contributed by atoms with Gasteiger partial charge >= 0.3 is 5.97 Å². The minimum atomic E-state index is -0.691. The molecule has 3 nitrogen and oxygen atoms in total. The third-order valence-corrected chi connectivity index (χ3v) is 8.41. The summed E-state index contributed by atoms with van der Waals surface area (Å²) in [6.45, 7) is 5.04. The highest BCUT2D eigenvalue weighted by atomic mass is 16.4. The second kappa shape index (κ2) is 4.84. The van der Waals surface area contributed by atoms with Crippen LogP contribution in [-0.2, 0) is 4.79 Å². The van der Waals surface area contributed by atoms with Crippen LogP contribution in [0.4, 0.5) is 0 Å². The van der Waals surface area contributed by atoms with Gasteiger partial charge in [0.1, 0.15) is 0 Å². The van der Waals surface area contributed by atoms with Crippen LogP contribution in [0.5, 0.6) is 0 Å². The molecule has 0 heterocycles. The standard InChI is InChI=1S/C20H30O3/c1-18(12-21)7-3-8-19(2)15(18)6-9-20-10-13(4-5-16(19)20)14(11-20)17(22)23/h11,13,15-16,21H,3-10,12H2,1-2H3,(H,22,23). The summed E-state index contributed by atoms with van der Waals surface area (Å²) in [5.41, 5.74) is 1.16. The summed E-state index contributed by atoms with van der Waals surface area (Å²) in [4.78, 5) is 11.6. The number of fused-ring (bicyclic) bond motifs is 3. The zero-order valence-electron chi connectivity index (χ0n) is 14.5. The van der Waals surface area contributed by atoms with E-state index in [1.807, 2.05) is 0 Å². The van der Waals surface area contributed by atoms with Gasteiger partial charge in [0.15, 0.2) is 0 Å². The van der Waals surface area contributed by atoms with Gasteiger partial charge in [-0.3, -0.25) is 0 Å². The lowest BCUT2D eigenvalue weighted by molar-refractivity contribution is -0.149. The van der Waals surface area contributed by atoms with Gasteiger partial charge in [-0.25, -0.2) is 4.79 Å². The van der Waals surface area contributed by atoms with Gasteiger partial charge < -0.3 is 10.2 Å². The van der Waals surface area contributed by atoms with Crippen molar-refractivity contribution in [3.63, 3.8) is 0 Å². The molecule has 128 valence electrons. The molecule has 4 aliphatic carbocycles. The Morgan fingerprint density at radius 2 is 1.96 bits per heavy atom. The molecule has 2 N–H and O–H groups in total. The SMILES string of the molecule is CC1(CO)CCCC2(C)C1CCC13C=C(C(=O)O)C(CCC12)C3. The number of aliphatic hydroxyl groups excluding tert-OH is 1. The number of aliphatic carboxylic acids is 1. The Morgan fingerprint density at radius 1 is 1.17 bits per heavy atom. The van der Waals surface area contributed by atoms with Crippen molar-refractivity contribution in [2.75, 3.05) is 6.61 Å². The molecule has 6 atom stereocenters. The zero-order chi connectivity index (χ0) is 16.5. The van der Waals surface area contributed by atoms with Gasteiger partial charge in [-0.1, -0.05) is 26.3 Å². The Bertz CT molecular complexity index is 567. The van der Waals surface area contributed by atoms with E-state index in [2.05, 4.69) is 19.9 Å². The Morgan fingerprint density at radius 3 is 2.65 bits per heavy atom. The number of hydrogen-bond acceptors (Lipinski definition) is 2. The highest BCUT2D eigenvalue weighted by molar-refractivity contribution is 5.88. The molecule has 23 heavy (non-hydrogen) atoms. The number of carbonyl (C=O) groups is 1. The van der Waals surface area contributed by atoms with Crippen LogP contribution in [0.25, 0.3) is 0 Å². The van der Waals surface area contributed by atoms with E-state index in [0.29, 0.717) is 24.0 Å². The summed E-state index contributed by atoms with van der Waals surface area (Å²) in [6, 6.07) is 0. The van der Waals surface area contributed by atoms with E-state index < -0.39 is 5.97 Å². The molecule has 0 saturated heterocycles. The topological polar surface area (TPSA) is 57.5 Å². The van der Waals surface area contributed by atoms with E-state index in [4.69, 9.17) is 0 Å². The van der Waals surface area contributed by atoms with Crippen molar-refractivity contribution in [3.8, 4) is 0 Å². The number of hydrogen-bond donors (Lipinski definition) is 2. The number of aliphatic hydroxyl groups is 1. The zero-order valence-corrected chi connectivity index (χ0v) is 14.5. The molecule has 4 rings (SSSR count). The summed E-state index contributed by atoms with van der Waals surface area (Å²) >= 11 is 0. The molecule has 0 aromatic rings. The molecule has 2 bridgehead atoms. The van der Waals surface area contributed by atoms with E-state index in [0.717, 1.165) is 32.1 Å². The van der Waals surface area contributed by atoms with Gasteiger partial charge in [-0.05, 0) is 78.9 Å². The van der Waals surface area contributed by atoms with Crippen molar-refractivity contribution < 1.29 is 15.0 Å². The number of carboxylic acid groups (broad SMARTS) is 1. The second-order valence-corrected chi connectivity index (χ2v) is 9.43. The second-order valence-electron chi connectivity index (χ2n) is 9.43. The van der Waals surface area contributed by atoms with Gasteiger partial charge in [0.25, 0.3) is 0 Å². The minimum absolute atomic E-state index is 0.0589. The Balaban J connectivity index is 1.75. The third kappa shape index (κ3) is 1.95. The Kier molecular flexibility index (Phi) is 3.30. The molecule has 6 unspecified atom stereocenters. The molecule has 1 spiro atoms. The molecule has 0 aromatic carbocycles. The lowest BCUT2D eigenvalue weighted by Crippen LogP contribution is -2.57. The molecule has 0 aliphatic heterocycles. The van der Waals surface area contributed by atoms with Crippen LogP contribution in [0, 0.1) is 34.0 Å². The number of rotatable bonds is 2. The maximum atomic E-state index is 11.6. The van der Waals surface area contributed by atoms with Crippen molar-refractivity contribution in [2.45, 2.75) is 65.2 Å². The van der Waals surface area contributed by atoms with Gasteiger partial charge in [0, 0.05) is 12.2 Å². The molecule has 4 aliphatic rings. The molecular formula is C20H30O3. The summed E-state index contributed by atoms with van der Waals surface area (Å²) in [7, 11) is 0. The number of carboxylic acids is 1. The average Bonchev–Trinajstić information content (AvgIpc) is 2.78. The normalized spacial score (nSPS) is 51.6. The number of allylic oxidation sites excluding steroid dienone is 1. The lowest BCUT2D eigenvalue weighted by Gasteiger charge is -2.64. The third-order valence-electron chi connectivity index (χ3n) is 8.41. The Hall–Kier alpha value is -0.830. The monoisotopic (exact) mass is 318 g/mol. The largest absolute Gasteiger partial charge is 0.478 e. The van der Waals surface area contributed by atoms with Crippen molar-refractivity contribution in [3.05, 3.63) is 11.6 Å². The average molecular weight is 318 g/mol. The van der Waals surface area contributed by atoms with Crippen molar-refractivity contribution in [1.82, 2.24) is 0 Å². The van der Waals surface area contributed by atoms with E-state index in [-0.39, 0.29) is 22.2 Å². The fourth-order valence-corrected chi connectivity index (χ4v) is 7.50. The molecule has 3 heteroatoms.